The molecule has 4 aromatic rings. The van der Waals surface area contributed by atoms with Gasteiger partial charge in [-0.1, -0.05) is 162 Å². The number of hydrogen-bond acceptors (Lipinski definition) is 6. The van der Waals surface area contributed by atoms with E-state index in [0.29, 0.717) is 36.5 Å². The number of rotatable bonds is 14. The average molecular weight is 817 g/mol. The first kappa shape index (κ1) is 53.0. The number of esters is 2. The molecule has 332 valence electrons. The van der Waals surface area contributed by atoms with E-state index in [1.165, 1.54) is 39.4 Å². The summed E-state index contributed by atoms with van der Waals surface area (Å²) >= 11 is 0. The van der Waals surface area contributed by atoms with E-state index >= 15 is 0 Å². The van der Waals surface area contributed by atoms with Gasteiger partial charge in [0.05, 0.1) is 24.2 Å². The summed E-state index contributed by atoms with van der Waals surface area (Å²) in [6, 6.07) is 31.6. The Labute approximate surface area is 362 Å². The number of carbonyl (C=O) groups excluding carboxylic acids is 2. The molecule has 0 aromatic heterocycles. The maximum atomic E-state index is 12.0. The fourth-order valence-electron chi connectivity index (χ4n) is 6.30. The average Bonchev–Trinajstić information content (AvgIpc) is 4.03. The lowest BCUT2D eigenvalue weighted by Crippen LogP contribution is -2.27. The maximum Gasteiger partial charge on any atom is 0.340 e. The zero-order valence-corrected chi connectivity index (χ0v) is 37.2. The fourth-order valence-corrected chi connectivity index (χ4v) is 6.30. The number of benzene rings is 4. The summed E-state index contributed by atoms with van der Waals surface area (Å²) in [5.74, 6) is 1.61. The molecule has 0 spiro atoms. The third kappa shape index (κ3) is 16.2. The second-order valence-corrected chi connectivity index (χ2v) is 16.9. The summed E-state index contributed by atoms with van der Waals surface area (Å²) in [5, 5.41) is 2.91. The number of carbonyl (C=O) groups is 2. The molecule has 0 amide bonds. The molecule has 0 radical (unpaired) electrons. The van der Waals surface area contributed by atoms with Gasteiger partial charge in [0.2, 0.25) is 0 Å². The van der Waals surface area contributed by atoms with Crippen LogP contribution in [0.5, 0.6) is 0 Å². The largest absolute Gasteiger partial charge is 0.462 e. The Morgan fingerprint density at radius 3 is 1.81 bits per heavy atom. The quantitative estimate of drug-likeness (QED) is 0.0546. The Kier molecular flexibility index (Phi) is 23.0. The molecule has 0 saturated carbocycles. The molecule has 1 saturated heterocycles. The predicted octanol–water partition coefficient (Wildman–Crippen LogP) is 15.1. The van der Waals surface area contributed by atoms with Crippen molar-refractivity contribution < 1.29 is 31.4 Å². The third-order valence-electron chi connectivity index (χ3n) is 11.8. The molecule has 1 heterocycles. The van der Waals surface area contributed by atoms with E-state index in [4.69, 9.17) is 18.9 Å². The Morgan fingerprint density at radius 2 is 1.34 bits per heavy atom. The molecule has 5 unspecified atom stereocenters. The van der Waals surface area contributed by atoms with Crippen LogP contribution in [0.15, 0.2) is 91.0 Å². The van der Waals surface area contributed by atoms with Crippen LogP contribution in [-0.2, 0) is 29.2 Å². The minimum absolute atomic E-state index is 0. The highest BCUT2D eigenvalue weighted by atomic mass is 16.7. The van der Waals surface area contributed by atoms with Gasteiger partial charge in [-0.2, -0.15) is 0 Å². The van der Waals surface area contributed by atoms with Crippen LogP contribution < -0.4 is 0 Å². The summed E-state index contributed by atoms with van der Waals surface area (Å²) in [7, 11) is 0. The minimum atomic E-state index is -0.504. The molecule has 59 heavy (non-hydrogen) atoms. The van der Waals surface area contributed by atoms with Gasteiger partial charge in [0.15, 0.2) is 6.29 Å². The van der Waals surface area contributed by atoms with Gasteiger partial charge in [0.1, 0.15) is 12.7 Å². The lowest BCUT2D eigenvalue weighted by Gasteiger charge is -2.23. The molecule has 6 rings (SSSR count). The van der Waals surface area contributed by atoms with E-state index in [0.717, 1.165) is 32.3 Å². The van der Waals surface area contributed by atoms with Crippen molar-refractivity contribution in [3.63, 3.8) is 0 Å². The predicted molar refractivity (Wildman–Crippen MR) is 254 cm³/mol. The molecule has 1 aliphatic heterocycles. The summed E-state index contributed by atoms with van der Waals surface area (Å²) in [5.41, 5.74) is 6.08. The monoisotopic (exact) mass is 817 g/mol. The van der Waals surface area contributed by atoms with E-state index in [9.17, 15) is 9.59 Å². The van der Waals surface area contributed by atoms with Gasteiger partial charge in [0, 0.05) is 2.85 Å². The van der Waals surface area contributed by atoms with Crippen molar-refractivity contribution in [3.05, 3.63) is 119 Å². The van der Waals surface area contributed by atoms with Crippen molar-refractivity contribution >= 4 is 22.7 Å². The fraction of sp³-hybridized carbons (Fsp3) is 0.547. The molecular weight excluding hydrogens is 733 g/mol. The Bertz CT molecular complexity index is 1760. The topological polar surface area (TPSA) is 74.4 Å². The highest BCUT2D eigenvalue weighted by Crippen LogP contribution is 2.45. The Morgan fingerprint density at radius 1 is 0.780 bits per heavy atom. The first-order chi connectivity index (χ1) is 27.1. The molecular formula is C53H84O6. The van der Waals surface area contributed by atoms with E-state index in [2.05, 4.69) is 122 Å². The van der Waals surface area contributed by atoms with Crippen LogP contribution >= 0.6 is 0 Å². The van der Waals surface area contributed by atoms with Gasteiger partial charge < -0.3 is 18.9 Å². The van der Waals surface area contributed by atoms with Crippen LogP contribution in [0.2, 0.25) is 0 Å². The lowest BCUT2D eigenvalue weighted by atomic mass is 9.82. The second-order valence-electron chi connectivity index (χ2n) is 16.9. The SMILES string of the molecule is C.C.CC1c2cccc3cccc(c23)C1C.CCC(C)(C)C(=O)OCC1CO1.CCC(C)c1ccccc1.CCCCOC(C)OC(=O)c1ccc(C(C)(C)CC)cc1.[HH].[HH]. The van der Waals surface area contributed by atoms with E-state index < -0.39 is 6.29 Å². The molecule has 6 nitrogen and oxygen atoms in total. The zero-order valence-electron chi connectivity index (χ0n) is 37.2. The minimum Gasteiger partial charge on any atom is -0.462 e. The Hall–Kier alpha value is -4.00. The summed E-state index contributed by atoms with van der Waals surface area (Å²) in [6.45, 7) is 27.1. The molecule has 2 aliphatic rings. The van der Waals surface area contributed by atoms with Crippen LogP contribution in [0.3, 0.4) is 0 Å². The van der Waals surface area contributed by atoms with E-state index in [1.54, 1.807) is 6.92 Å². The van der Waals surface area contributed by atoms with Gasteiger partial charge >= 0.3 is 11.9 Å². The van der Waals surface area contributed by atoms with Crippen LogP contribution in [0.25, 0.3) is 10.8 Å². The van der Waals surface area contributed by atoms with Crippen molar-refractivity contribution in [1.29, 1.82) is 0 Å². The highest BCUT2D eigenvalue weighted by molar-refractivity contribution is 5.92. The number of hydrogen-bond donors (Lipinski definition) is 0. The number of unbranched alkanes of at least 4 members (excludes halogenated alkanes) is 1. The maximum absolute atomic E-state index is 12.0. The van der Waals surface area contributed by atoms with Crippen molar-refractivity contribution in [2.24, 2.45) is 5.41 Å². The third-order valence-corrected chi connectivity index (χ3v) is 11.8. The van der Waals surface area contributed by atoms with Gasteiger partial charge in [-0.15, -0.1) is 0 Å². The van der Waals surface area contributed by atoms with Gasteiger partial charge in [0.25, 0.3) is 0 Å². The van der Waals surface area contributed by atoms with Gasteiger partial charge in [-0.3, -0.25) is 4.79 Å². The first-order valence-corrected chi connectivity index (χ1v) is 21.4. The molecule has 0 N–H and O–H groups in total. The lowest BCUT2D eigenvalue weighted by molar-refractivity contribution is -0.154. The van der Waals surface area contributed by atoms with E-state index in [1.807, 2.05) is 45.0 Å². The summed E-state index contributed by atoms with van der Waals surface area (Å²) < 4.78 is 20.7. The number of epoxide rings is 1. The van der Waals surface area contributed by atoms with Gasteiger partial charge in [-0.25, -0.2) is 4.79 Å². The van der Waals surface area contributed by atoms with Crippen molar-refractivity contribution in [3.8, 4) is 0 Å². The van der Waals surface area contributed by atoms with Crippen molar-refractivity contribution in [1.82, 2.24) is 0 Å². The van der Waals surface area contributed by atoms with Crippen LogP contribution in [0.1, 0.15) is 183 Å². The van der Waals surface area contributed by atoms with Crippen LogP contribution in [0.4, 0.5) is 0 Å². The van der Waals surface area contributed by atoms with E-state index in [-0.39, 0.29) is 46.6 Å². The summed E-state index contributed by atoms with van der Waals surface area (Å²) in [6.07, 6.45) is 4.79. The molecule has 5 atom stereocenters. The zero-order chi connectivity index (χ0) is 42.2. The molecule has 1 fully saturated rings. The van der Waals surface area contributed by atoms with Crippen LogP contribution in [-0.4, -0.2) is 44.2 Å². The van der Waals surface area contributed by atoms with Gasteiger partial charge in [-0.05, 0) is 115 Å². The smallest absolute Gasteiger partial charge is 0.340 e. The first-order valence-electron chi connectivity index (χ1n) is 21.4. The highest BCUT2D eigenvalue weighted by Gasteiger charge is 2.31. The summed E-state index contributed by atoms with van der Waals surface area (Å²) in [4.78, 5) is 23.4. The normalized spacial score (nSPS) is 17.1. The molecule has 6 heteroatoms. The molecule has 1 aliphatic carbocycles. The number of ether oxygens (including phenoxy) is 4. The molecule has 0 bridgehead atoms. The molecule has 4 aromatic carbocycles. The van der Waals surface area contributed by atoms with Crippen molar-refractivity contribution in [2.75, 3.05) is 19.8 Å². The van der Waals surface area contributed by atoms with Crippen molar-refractivity contribution in [2.45, 2.75) is 166 Å². The standard InChI is InChI=1S/C18H28O3.C14H14.C10H14.C9H16O3.2CH4.2H2/c1-6-8-13-20-14(3)21-17(19)15-9-11-16(12-10-15)18(4,5)7-2;1-9-10(2)13-8-4-6-11-5-3-7-12(9)14(11)13;1-3-9(2)10-7-5-4-6-8-10;1-4-9(2,3)8(10)12-6-7-5-11-7;;;;/h9-12,14H,6-8,13H2,1-5H3;3-10H,1-2H3;4-9H,3H2,1-2H3;7H,4-6H2,1-3H3;2*1H4;2*1H. The van der Waals surface area contributed by atoms with Crippen LogP contribution in [0, 0.1) is 5.41 Å². The Balaban J connectivity index is 0. The second kappa shape index (κ2) is 25.6.